The lowest BCUT2D eigenvalue weighted by atomic mass is 10.1. The molecule has 3 heteroatoms. The number of nitrogen functional groups attached to an aromatic ring is 1. The van der Waals surface area contributed by atoms with E-state index >= 15 is 0 Å². The van der Waals surface area contributed by atoms with Crippen molar-refractivity contribution in [3.05, 3.63) is 35.4 Å². The van der Waals surface area contributed by atoms with E-state index in [4.69, 9.17) is 5.73 Å². The van der Waals surface area contributed by atoms with E-state index in [1.807, 2.05) is 18.2 Å². The zero-order chi connectivity index (χ0) is 9.26. The molecule has 1 aliphatic heterocycles. The first-order chi connectivity index (χ1) is 6.25. The van der Waals surface area contributed by atoms with E-state index < -0.39 is 0 Å². The number of anilines is 1. The van der Waals surface area contributed by atoms with Crippen molar-refractivity contribution in [2.45, 2.75) is 6.54 Å². The summed E-state index contributed by atoms with van der Waals surface area (Å²) in [5.41, 5.74) is 8.46. The minimum Gasteiger partial charge on any atom is -0.399 e. The van der Waals surface area contributed by atoms with Gasteiger partial charge >= 0.3 is 0 Å². The second-order valence-corrected chi connectivity index (χ2v) is 3.01. The summed E-state index contributed by atoms with van der Waals surface area (Å²) < 4.78 is 0. The predicted molar refractivity (Wildman–Crippen MR) is 51.7 cm³/mol. The van der Waals surface area contributed by atoms with Crippen molar-refractivity contribution >= 4 is 17.7 Å². The molecule has 1 aliphatic rings. The molecule has 0 saturated carbocycles. The van der Waals surface area contributed by atoms with Gasteiger partial charge in [0.25, 0.3) is 0 Å². The van der Waals surface area contributed by atoms with Crippen molar-refractivity contribution in [3.8, 4) is 0 Å². The molecule has 0 unspecified atom stereocenters. The van der Waals surface area contributed by atoms with E-state index in [-0.39, 0.29) is 5.91 Å². The summed E-state index contributed by atoms with van der Waals surface area (Å²) in [5, 5.41) is 2.75. The highest BCUT2D eigenvalue weighted by Gasteiger charge is 2.06. The van der Waals surface area contributed by atoms with Crippen LogP contribution in [0, 0.1) is 0 Å². The van der Waals surface area contributed by atoms with Gasteiger partial charge in [-0.2, -0.15) is 0 Å². The van der Waals surface area contributed by atoms with Crippen LogP contribution >= 0.6 is 0 Å². The van der Waals surface area contributed by atoms with Gasteiger partial charge in [-0.05, 0) is 29.3 Å². The van der Waals surface area contributed by atoms with Gasteiger partial charge in [0.1, 0.15) is 0 Å². The summed E-state index contributed by atoms with van der Waals surface area (Å²) >= 11 is 0. The fraction of sp³-hybridized carbons (Fsp3) is 0.100. The van der Waals surface area contributed by atoms with Crippen molar-refractivity contribution < 1.29 is 4.79 Å². The maximum atomic E-state index is 11.0. The van der Waals surface area contributed by atoms with Crippen LogP contribution in [0.5, 0.6) is 0 Å². The molecule has 3 nitrogen and oxygen atoms in total. The average Bonchev–Trinajstić information content (AvgIpc) is 2.29. The fourth-order valence-electron chi connectivity index (χ4n) is 1.35. The van der Waals surface area contributed by atoms with Crippen molar-refractivity contribution in [2.24, 2.45) is 0 Å². The standard InChI is InChI=1S/C10H10N2O/c11-9-3-1-7-2-4-10(13)12-6-8(7)5-9/h1-5H,6,11H2,(H,12,13). The molecule has 66 valence electrons. The van der Waals surface area contributed by atoms with Crippen LogP contribution in [0.1, 0.15) is 11.1 Å². The molecular weight excluding hydrogens is 164 g/mol. The van der Waals surface area contributed by atoms with Gasteiger partial charge in [-0.15, -0.1) is 0 Å². The van der Waals surface area contributed by atoms with Crippen LogP contribution < -0.4 is 11.1 Å². The van der Waals surface area contributed by atoms with Gasteiger partial charge in [0.15, 0.2) is 0 Å². The molecule has 13 heavy (non-hydrogen) atoms. The van der Waals surface area contributed by atoms with Crippen LogP contribution in [0.4, 0.5) is 5.69 Å². The number of hydrogen-bond acceptors (Lipinski definition) is 2. The number of amides is 1. The van der Waals surface area contributed by atoms with Crippen LogP contribution in [0.15, 0.2) is 24.3 Å². The van der Waals surface area contributed by atoms with Crippen molar-refractivity contribution in [1.82, 2.24) is 5.32 Å². The van der Waals surface area contributed by atoms with E-state index in [9.17, 15) is 4.79 Å². The number of hydrogen-bond donors (Lipinski definition) is 2. The first-order valence-electron chi connectivity index (χ1n) is 4.10. The lowest BCUT2D eigenvalue weighted by Crippen LogP contribution is -2.18. The lowest BCUT2D eigenvalue weighted by molar-refractivity contribution is -0.116. The van der Waals surface area contributed by atoms with Gasteiger partial charge in [-0.1, -0.05) is 6.07 Å². The third kappa shape index (κ3) is 1.54. The third-order valence-electron chi connectivity index (χ3n) is 2.03. The first kappa shape index (κ1) is 7.86. The number of benzene rings is 1. The van der Waals surface area contributed by atoms with Gasteiger partial charge in [-0.3, -0.25) is 4.79 Å². The Bertz CT molecular complexity index is 383. The normalized spacial score (nSPS) is 14.6. The topological polar surface area (TPSA) is 55.1 Å². The molecule has 0 aromatic heterocycles. The highest BCUT2D eigenvalue weighted by atomic mass is 16.1. The molecule has 3 N–H and O–H groups in total. The van der Waals surface area contributed by atoms with E-state index in [2.05, 4.69) is 5.32 Å². The van der Waals surface area contributed by atoms with Crippen LogP contribution in [-0.4, -0.2) is 5.91 Å². The van der Waals surface area contributed by atoms with Crippen LogP contribution in [0.3, 0.4) is 0 Å². The molecule has 0 spiro atoms. The molecule has 1 heterocycles. The molecule has 1 aromatic carbocycles. The Morgan fingerprint density at radius 2 is 2.15 bits per heavy atom. The van der Waals surface area contributed by atoms with Gasteiger partial charge in [-0.25, -0.2) is 0 Å². The molecule has 0 radical (unpaired) electrons. The zero-order valence-corrected chi connectivity index (χ0v) is 7.08. The van der Waals surface area contributed by atoms with E-state index in [1.165, 1.54) is 6.08 Å². The Kier molecular flexibility index (Phi) is 1.77. The molecule has 0 atom stereocenters. The molecule has 1 amide bonds. The summed E-state index contributed by atoms with van der Waals surface area (Å²) in [6.07, 6.45) is 3.33. The Labute approximate surface area is 76.2 Å². The molecule has 0 aliphatic carbocycles. The Balaban J connectivity index is 2.46. The molecule has 0 fully saturated rings. The second kappa shape index (κ2) is 2.94. The monoisotopic (exact) mass is 174 g/mol. The molecular formula is C10H10N2O. The minimum atomic E-state index is -0.0604. The maximum Gasteiger partial charge on any atom is 0.244 e. The van der Waals surface area contributed by atoms with E-state index in [0.29, 0.717) is 6.54 Å². The van der Waals surface area contributed by atoms with Crippen LogP contribution in [-0.2, 0) is 11.3 Å². The van der Waals surface area contributed by atoms with Gasteiger partial charge in [0, 0.05) is 18.3 Å². The molecule has 0 saturated heterocycles. The highest BCUT2D eigenvalue weighted by Crippen LogP contribution is 2.16. The van der Waals surface area contributed by atoms with Crippen molar-refractivity contribution in [1.29, 1.82) is 0 Å². The first-order valence-corrected chi connectivity index (χ1v) is 4.10. The Morgan fingerprint density at radius 3 is 3.00 bits per heavy atom. The molecule has 0 bridgehead atoms. The minimum absolute atomic E-state index is 0.0604. The summed E-state index contributed by atoms with van der Waals surface area (Å²) in [6.45, 7) is 0.548. The van der Waals surface area contributed by atoms with Crippen molar-refractivity contribution in [2.75, 3.05) is 5.73 Å². The van der Waals surface area contributed by atoms with Gasteiger partial charge in [0.05, 0.1) is 0 Å². The number of carbonyl (C=O) groups excluding carboxylic acids is 1. The predicted octanol–water partition coefficient (Wildman–Crippen LogP) is 0.912. The molecule has 1 aromatic rings. The number of nitrogens with one attached hydrogen (secondary N) is 1. The average molecular weight is 174 g/mol. The van der Waals surface area contributed by atoms with Crippen molar-refractivity contribution in [3.63, 3.8) is 0 Å². The van der Waals surface area contributed by atoms with Crippen LogP contribution in [0.2, 0.25) is 0 Å². The van der Waals surface area contributed by atoms with E-state index in [0.717, 1.165) is 16.8 Å². The highest BCUT2D eigenvalue weighted by molar-refractivity contribution is 5.93. The smallest absolute Gasteiger partial charge is 0.244 e. The fourth-order valence-corrected chi connectivity index (χ4v) is 1.35. The summed E-state index contributed by atoms with van der Waals surface area (Å²) in [5.74, 6) is -0.0604. The summed E-state index contributed by atoms with van der Waals surface area (Å²) in [4.78, 5) is 11.0. The summed E-state index contributed by atoms with van der Waals surface area (Å²) in [6, 6.07) is 5.63. The summed E-state index contributed by atoms with van der Waals surface area (Å²) in [7, 11) is 0. The van der Waals surface area contributed by atoms with Gasteiger partial charge < -0.3 is 11.1 Å². The SMILES string of the molecule is Nc1ccc2c(c1)CNC(=O)C=C2. The number of rotatable bonds is 0. The Hall–Kier alpha value is -1.77. The third-order valence-corrected chi connectivity index (χ3v) is 2.03. The molecule has 2 rings (SSSR count). The zero-order valence-electron chi connectivity index (χ0n) is 7.08. The van der Waals surface area contributed by atoms with Crippen LogP contribution in [0.25, 0.3) is 6.08 Å². The van der Waals surface area contributed by atoms with Gasteiger partial charge in [0.2, 0.25) is 5.91 Å². The number of nitrogens with two attached hydrogens (primary N) is 1. The van der Waals surface area contributed by atoms with E-state index in [1.54, 1.807) is 6.08 Å². The lowest BCUT2D eigenvalue weighted by Gasteiger charge is -2.04. The second-order valence-electron chi connectivity index (χ2n) is 3.01. The number of fused-ring (bicyclic) bond motifs is 1. The maximum absolute atomic E-state index is 11.0. The number of carbonyl (C=O) groups is 1. The quantitative estimate of drug-likeness (QED) is 0.574. The Morgan fingerprint density at radius 1 is 1.31 bits per heavy atom. The largest absolute Gasteiger partial charge is 0.399 e.